The number of para-hydroxylation sites is 2. The zero-order valence-corrected chi connectivity index (χ0v) is 24.2. The minimum Gasteiger partial charge on any atom is -0.323 e. The van der Waals surface area contributed by atoms with Crippen molar-refractivity contribution < 1.29 is 23.9 Å². The van der Waals surface area contributed by atoms with Crippen molar-refractivity contribution in [3.8, 4) is 0 Å². The molecule has 212 valence electrons. The van der Waals surface area contributed by atoms with E-state index < -0.39 is 25.5 Å². The smallest absolute Gasteiger partial charge is 0.323 e. The molecular weight excluding hydrogens is 559 g/mol. The molecule has 0 aliphatic carbocycles. The molecule has 0 spiro atoms. The summed E-state index contributed by atoms with van der Waals surface area (Å²) >= 11 is 1.62. The highest BCUT2D eigenvalue weighted by Gasteiger charge is 2.57. The molecule has 0 radical (unpaired) electrons. The standard InChI is InChI=1S/C30H31N4O5PS/c1-31(18-21-20-41-27-15-9-8-14-25(21)27)29(35)34-24-16-17-26(34)28(40(37,38)39)32(19-24)30(36)33(22-10-4-2-5-11-22)23-12-6-3-7-13-23/h2-15,20,24,26,28H,16-19H2,1H3,(H2,37,38,39)/t24-,26+,28+/m0/s1. The molecule has 2 fully saturated rings. The number of likely N-dealkylation sites (tertiary alicyclic amines) is 1. The molecule has 2 bridgehead atoms. The minimum atomic E-state index is -4.85. The maximum atomic E-state index is 14.2. The van der Waals surface area contributed by atoms with E-state index in [1.54, 1.807) is 52.4 Å². The molecule has 6 rings (SSSR count). The van der Waals surface area contributed by atoms with Crippen LogP contribution in [-0.4, -0.2) is 68.0 Å². The highest BCUT2D eigenvalue weighted by Crippen LogP contribution is 2.52. The van der Waals surface area contributed by atoms with E-state index in [-0.39, 0.29) is 18.6 Å². The maximum Gasteiger partial charge on any atom is 0.350 e. The summed E-state index contributed by atoms with van der Waals surface area (Å²) in [6, 6.07) is 24.1. The number of thiophene rings is 1. The van der Waals surface area contributed by atoms with Crippen LogP contribution in [-0.2, 0) is 11.1 Å². The van der Waals surface area contributed by atoms with Crippen LogP contribution in [0.3, 0.4) is 0 Å². The number of fused-ring (bicyclic) bond motifs is 3. The lowest BCUT2D eigenvalue weighted by Crippen LogP contribution is -2.65. The van der Waals surface area contributed by atoms with Gasteiger partial charge < -0.3 is 24.5 Å². The average Bonchev–Trinajstić information content (AvgIpc) is 3.51. The van der Waals surface area contributed by atoms with Crippen LogP contribution in [0, 0.1) is 0 Å². The van der Waals surface area contributed by atoms with Gasteiger partial charge in [0, 0.05) is 24.8 Å². The van der Waals surface area contributed by atoms with Crippen LogP contribution in [0.25, 0.3) is 10.1 Å². The summed E-state index contributed by atoms with van der Waals surface area (Å²) < 4.78 is 14.2. The molecule has 4 amide bonds. The lowest BCUT2D eigenvalue weighted by molar-refractivity contribution is 0.0655. The normalized spacial score (nSPS) is 20.3. The monoisotopic (exact) mass is 590 g/mol. The van der Waals surface area contributed by atoms with Gasteiger partial charge in [0.2, 0.25) is 0 Å². The highest BCUT2D eigenvalue weighted by molar-refractivity contribution is 7.52. The van der Waals surface area contributed by atoms with Crippen molar-refractivity contribution in [2.45, 2.75) is 37.3 Å². The Labute approximate surface area is 242 Å². The summed E-state index contributed by atoms with van der Waals surface area (Å²) in [4.78, 5) is 55.3. The molecule has 2 aliphatic rings. The SMILES string of the molecule is CN(Cc1csc2ccccc12)C(=O)N1[C@H]2CC[C@@H]1[C@@H](P(=O)(O)O)N(C(=O)N(c1ccccc1)c1ccccc1)C2. The van der Waals surface area contributed by atoms with Crippen molar-refractivity contribution in [1.82, 2.24) is 14.7 Å². The molecule has 3 heterocycles. The van der Waals surface area contributed by atoms with Gasteiger partial charge in [-0.25, -0.2) is 9.59 Å². The molecule has 4 aromatic rings. The summed E-state index contributed by atoms with van der Waals surface area (Å²) in [5.41, 5.74) is 2.19. The van der Waals surface area contributed by atoms with Gasteiger partial charge in [0.1, 0.15) is 0 Å². The van der Waals surface area contributed by atoms with Gasteiger partial charge in [0.15, 0.2) is 5.78 Å². The fourth-order valence-electron chi connectivity index (χ4n) is 6.15. The third-order valence-electron chi connectivity index (χ3n) is 7.94. The number of hydrogen-bond donors (Lipinski definition) is 2. The van der Waals surface area contributed by atoms with Gasteiger partial charge in [-0.15, -0.1) is 11.3 Å². The Hall–Kier alpha value is -3.69. The van der Waals surface area contributed by atoms with E-state index in [0.717, 1.165) is 15.6 Å². The van der Waals surface area contributed by atoms with Crippen LogP contribution in [0.15, 0.2) is 90.3 Å². The summed E-state index contributed by atoms with van der Waals surface area (Å²) in [5.74, 6) is -1.46. The first-order valence-corrected chi connectivity index (χ1v) is 16.0. The van der Waals surface area contributed by atoms with Crippen molar-refractivity contribution in [1.29, 1.82) is 0 Å². The number of rotatable bonds is 5. The molecule has 1 aromatic heterocycles. The first kappa shape index (κ1) is 27.5. The number of amides is 4. The first-order valence-electron chi connectivity index (χ1n) is 13.5. The van der Waals surface area contributed by atoms with Gasteiger partial charge in [-0.05, 0) is 59.5 Å². The van der Waals surface area contributed by atoms with E-state index in [0.29, 0.717) is 30.8 Å². The second-order valence-electron chi connectivity index (χ2n) is 10.5. The molecule has 9 nitrogen and oxygen atoms in total. The van der Waals surface area contributed by atoms with Gasteiger partial charge in [-0.3, -0.25) is 9.46 Å². The fraction of sp³-hybridized carbons (Fsp3) is 0.267. The van der Waals surface area contributed by atoms with E-state index in [9.17, 15) is 23.9 Å². The number of piperazine rings is 1. The zero-order chi connectivity index (χ0) is 28.7. The third-order valence-corrected chi connectivity index (χ3v) is 10.3. The number of hydrogen-bond acceptors (Lipinski definition) is 4. The van der Waals surface area contributed by atoms with Crippen molar-refractivity contribution in [3.05, 3.63) is 95.9 Å². The summed E-state index contributed by atoms with van der Waals surface area (Å²) in [6.45, 7) is 0.403. The lowest BCUT2D eigenvalue weighted by Gasteiger charge is -2.48. The Morgan fingerprint density at radius 1 is 0.902 bits per heavy atom. The Kier molecular flexibility index (Phi) is 7.34. The number of benzene rings is 3. The van der Waals surface area contributed by atoms with Crippen LogP contribution in [0.4, 0.5) is 21.0 Å². The number of urea groups is 2. The van der Waals surface area contributed by atoms with Gasteiger partial charge in [0.25, 0.3) is 0 Å². The van der Waals surface area contributed by atoms with E-state index in [1.807, 2.05) is 66.0 Å². The van der Waals surface area contributed by atoms with E-state index in [1.165, 1.54) is 9.80 Å². The molecule has 2 N–H and O–H groups in total. The van der Waals surface area contributed by atoms with Crippen molar-refractivity contribution in [2.75, 3.05) is 18.5 Å². The summed E-state index contributed by atoms with van der Waals surface area (Å²) in [7, 11) is -3.14. The van der Waals surface area contributed by atoms with Gasteiger partial charge in [0.05, 0.1) is 23.5 Å². The molecule has 2 aliphatic heterocycles. The quantitative estimate of drug-likeness (QED) is 0.275. The van der Waals surface area contributed by atoms with Gasteiger partial charge in [-0.1, -0.05) is 54.6 Å². The van der Waals surface area contributed by atoms with E-state index in [2.05, 4.69) is 0 Å². The van der Waals surface area contributed by atoms with E-state index >= 15 is 0 Å². The first-order chi connectivity index (χ1) is 19.7. The maximum absolute atomic E-state index is 14.2. The highest BCUT2D eigenvalue weighted by atomic mass is 32.1. The summed E-state index contributed by atoms with van der Waals surface area (Å²) in [5, 5.41) is 3.13. The molecule has 41 heavy (non-hydrogen) atoms. The van der Waals surface area contributed by atoms with Crippen molar-refractivity contribution in [2.24, 2.45) is 0 Å². The Morgan fingerprint density at radius 2 is 1.51 bits per heavy atom. The number of carbonyl (C=O) groups is 2. The van der Waals surface area contributed by atoms with E-state index in [4.69, 9.17) is 0 Å². The average molecular weight is 591 g/mol. The predicted octanol–water partition coefficient (Wildman–Crippen LogP) is 6.06. The predicted molar refractivity (Wildman–Crippen MR) is 160 cm³/mol. The lowest BCUT2D eigenvalue weighted by atomic mass is 10.1. The molecule has 0 saturated carbocycles. The van der Waals surface area contributed by atoms with Crippen LogP contribution in [0.2, 0.25) is 0 Å². The van der Waals surface area contributed by atoms with Crippen LogP contribution in [0.1, 0.15) is 18.4 Å². The van der Waals surface area contributed by atoms with Crippen LogP contribution < -0.4 is 4.90 Å². The second-order valence-corrected chi connectivity index (χ2v) is 13.2. The topological polar surface area (TPSA) is 105 Å². The minimum absolute atomic E-state index is 0.0300. The second kappa shape index (κ2) is 10.9. The Balaban J connectivity index is 1.30. The number of anilines is 2. The number of carbonyl (C=O) groups excluding carboxylic acids is 2. The number of nitrogens with zero attached hydrogens (tertiary/aromatic N) is 4. The van der Waals surface area contributed by atoms with Crippen molar-refractivity contribution in [3.63, 3.8) is 0 Å². The molecule has 3 atom stereocenters. The van der Waals surface area contributed by atoms with Crippen LogP contribution >= 0.6 is 18.9 Å². The molecule has 3 aromatic carbocycles. The van der Waals surface area contributed by atoms with Gasteiger partial charge >= 0.3 is 19.7 Å². The Bertz CT molecular complexity index is 1570. The Morgan fingerprint density at radius 3 is 2.15 bits per heavy atom. The fourth-order valence-corrected chi connectivity index (χ4v) is 8.40. The van der Waals surface area contributed by atoms with Crippen LogP contribution in [0.5, 0.6) is 0 Å². The zero-order valence-electron chi connectivity index (χ0n) is 22.5. The molecule has 2 saturated heterocycles. The van der Waals surface area contributed by atoms with Crippen molar-refractivity contribution >= 4 is 52.5 Å². The van der Waals surface area contributed by atoms with Gasteiger partial charge in [-0.2, -0.15) is 0 Å². The summed E-state index contributed by atoms with van der Waals surface area (Å²) in [6.07, 6.45) is 0.963. The largest absolute Gasteiger partial charge is 0.350 e. The molecular formula is C30H31N4O5PS. The molecule has 0 unspecified atom stereocenters. The molecule has 11 heteroatoms. The third kappa shape index (κ3) is 5.13.